The predicted octanol–water partition coefficient (Wildman–Crippen LogP) is 2.89. The fourth-order valence-electron chi connectivity index (χ4n) is 1.95. The lowest BCUT2D eigenvalue weighted by Crippen LogP contribution is -2.20. The third-order valence-electron chi connectivity index (χ3n) is 2.83. The van der Waals surface area contributed by atoms with Gasteiger partial charge >= 0.3 is 0 Å². The summed E-state index contributed by atoms with van der Waals surface area (Å²) in [5, 5.41) is 0. The maximum absolute atomic E-state index is 13.8. The van der Waals surface area contributed by atoms with E-state index in [1.807, 2.05) is 25.1 Å². The molecule has 1 heterocycles. The van der Waals surface area contributed by atoms with Gasteiger partial charge in [0.1, 0.15) is 0 Å². The van der Waals surface area contributed by atoms with Crippen LogP contribution in [0.25, 0.3) is 0 Å². The number of halogens is 2. The topological polar surface area (TPSA) is 42.1 Å². The molecule has 0 atom stereocenters. The van der Waals surface area contributed by atoms with E-state index in [4.69, 9.17) is 5.73 Å². The number of anilines is 2. The lowest BCUT2D eigenvalue weighted by Gasteiger charge is -2.21. The summed E-state index contributed by atoms with van der Waals surface area (Å²) in [6.07, 6.45) is 0. The zero-order valence-electron chi connectivity index (χ0n) is 10.8. The second-order valence-corrected chi connectivity index (χ2v) is 4.43. The summed E-state index contributed by atoms with van der Waals surface area (Å²) in [6, 6.07) is 7.95. The summed E-state index contributed by atoms with van der Waals surface area (Å²) in [5.74, 6) is -1.84. The van der Waals surface area contributed by atoms with Crippen molar-refractivity contribution in [1.82, 2.24) is 4.98 Å². The van der Waals surface area contributed by atoms with Crippen molar-refractivity contribution in [3.63, 3.8) is 0 Å². The van der Waals surface area contributed by atoms with Crippen molar-refractivity contribution in [1.29, 1.82) is 0 Å². The van der Waals surface area contributed by atoms with Crippen LogP contribution in [0.5, 0.6) is 0 Å². The van der Waals surface area contributed by atoms with Crippen LogP contribution in [0.4, 0.5) is 20.2 Å². The quantitative estimate of drug-likeness (QED) is 0.866. The Hall–Kier alpha value is -2.17. The van der Waals surface area contributed by atoms with Crippen LogP contribution in [0.3, 0.4) is 0 Å². The molecule has 3 nitrogen and oxygen atoms in total. The third-order valence-corrected chi connectivity index (χ3v) is 2.83. The van der Waals surface area contributed by atoms with Gasteiger partial charge in [0.05, 0.1) is 23.6 Å². The number of hydrogen-bond acceptors (Lipinski definition) is 3. The largest absolute Gasteiger partial charge is 0.397 e. The Bertz CT molecular complexity index is 599. The van der Waals surface area contributed by atoms with Gasteiger partial charge in [-0.05, 0) is 31.2 Å². The van der Waals surface area contributed by atoms with Crippen LogP contribution in [0.1, 0.15) is 11.4 Å². The van der Waals surface area contributed by atoms with Gasteiger partial charge in [-0.25, -0.2) is 8.78 Å². The number of hydrogen-bond donors (Lipinski definition) is 1. The summed E-state index contributed by atoms with van der Waals surface area (Å²) in [6.45, 7) is 2.23. The Morgan fingerprint density at radius 3 is 2.63 bits per heavy atom. The molecule has 2 aromatic rings. The second-order valence-electron chi connectivity index (χ2n) is 4.43. The number of nitrogen functional groups attached to an aromatic ring is 1. The van der Waals surface area contributed by atoms with E-state index in [0.29, 0.717) is 6.54 Å². The Balaban J connectivity index is 2.30. The molecule has 0 amide bonds. The molecule has 0 bridgehead atoms. The van der Waals surface area contributed by atoms with Crippen LogP contribution in [0.2, 0.25) is 0 Å². The molecule has 1 aromatic carbocycles. The minimum atomic E-state index is -0.935. The Kier molecular flexibility index (Phi) is 3.64. The van der Waals surface area contributed by atoms with Crippen molar-refractivity contribution in [2.24, 2.45) is 0 Å². The van der Waals surface area contributed by atoms with Gasteiger partial charge in [0.25, 0.3) is 0 Å². The van der Waals surface area contributed by atoms with Crippen molar-refractivity contribution < 1.29 is 8.78 Å². The summed E-state index contributed by atoms with van der Waals surface area (Å²) < 4.78 is 27.0. The number of benzene rings is 1. The number of aromatic nitrogens is 1. The second kappa shape index (κ2) is 5.22. The number of rotatable bonds is 3. The van der Waals surface area contributed by atoms with Gasteiger partial charge < -0.3 is 10.6 Å². The van der Waals surface area contributed by atoms with E-state index < -0.39 is 11.6 Å². The SMILES string of the molecule is Cc1cccc(CN(C)c2c(N)ccc(F)c2F)n1. The van der Waals surface area contributed by atoms with Crippen LogP contribution in [-0.4, -0.2) is 12.0 Å². The number of aryl methyl sites for hydroxylation is 1. The van der Waals surface area contributed by atoms with E-state index in [1.165, 1.54) is 6.07 Å². The molecule has 2 rings (SSSR count). The molecule has 0 saturated heterocycles. The van der Waals surface area contributed by atoms with Crippen molar-refractivity contribution in [3.8, 4) is 0 Å². The molecule has 0 aliphatic rings. The first kappa shape index (κ1) is 13.3. The molecular formula is C14H15F2N3. The van der Waals surface area contributed by atoms with E-state index in [-0.39, 0.29) is 11.4 Å². The van der Waals surface area contributed by atoms with Gasteiger partial charge in [-0.1, -0.05) is 6.07 Å². The monoisotopic (exact) mass is 263 g/mol. The van der Waals surface area contributed by atoms with Gasteiger partial charge in [0.15, 0.2) is 11.6 Å². The predicted molar refractivity (Wildman–Crippen MR) is 71.9 cm³/mol. The molecule has 5 heteroatoms. The van der Waals surface area contributed by atoms with E-state index in [9.17, 15) is 8.78 Å². The number of nitrogens with two attached hydrogens (primary N) is 1. The molecule has 1 aromatic heterocycles. The average Bonchev–Trinajstić information content (AvgIpc) is 2.34. The summed E-state index contributed by atoms with van der Waals surface area (Å²) in [4.78, 5) is 5.87. The fraction of sp³-hybridized carbons (Fsp3) is 0.214. The fourth-order valence-corrected chi connectivity index (χ4v) is 1.95. The first-order valence-corrected chi connectivity index (χ1v) is 5.86. The van der Waals surface area contributed by atoms with Crippen LogP contribution in [-0.2, 0) is 6.54 Å². The van der Waals surface area contributed by atoms with Crippen LogP contribution < -0.4 is 10.6 Å². The zero-order chi connectivity index (χ0) is 14.0. The van der Waals surface area contributed by atoms with Crippen molar-refractivity contribution >= 4 is 11.4 Å². The van der Waals surface area contributed by atoms with Crippen LogP contribution in [0, 0.1) is 18.6 Å². The van der Waals surface area contributed by atoms with Gasteiger partial charge in [0.2, 0.25) is 0 Å². The maximum atomic E-state index is 13.8. The zero-order valence-corrected chi connectivity index (χ0v) is 10.8. The normalized spacial score (nSPS) is 10.5. The summed E-state index contributed by atoms with van der Waals surface area (Å²) >= 11 is 0. The Morgan fingerprint density at radius 2 is 1.95 bits per heavy atom. The number of nitrogens with zero attached hydrogens (tertiary/aromatic N) is 2. The number of pyridine rings is 1. The first-order chi connectivity index (χ1) is 8.99. The molecular weight excluding hydrogens is 248 g/mol. The molecule has 0 aliphatic carbocycles. The Labute approximate surface area is 110 Å². The third kappa shape index (κ3) is 2.81. The molecule has 100 valence electrons. The minimum Gasteiger partial charge on any atom is -0.397 e. The van der Waals surface area contributed by atoms with E-state index in [1.54, 1.807) is 11.9 Å². The first-order valence-electron chi connectivity index (χ1n) is 5.86. The van der Waals surface area contributed by atoms with Gasteiger partial charge in [0, 0.05) is 12.7 Å². The molecule has 0 spiro atoms. The minimum absolute atomic E-state index is 0.0586. The van der Waals surface area contributed by atoms with Crippen LogP contribution in [0.15, 0.2) is 30.3 Å². The van der Waals surface area contributed by atoms with Crippen molar-refractivity contribution in [2.75, 3.05) is 17.7 Å². The van der Waals surface area contributed by atoms with Crippen molar-refractivity contribution in [3.05, 3.63) is 53.4 Å². The molecule has 0 unspecified atom stereocenters. The summed E-state index contributed by atoms with van der Waals surface area (Å²) in [7, 11) is 1.65. The average molecular weight is 263 g/mol. The van der Waals surface area contributed by atoms with Crippen LogP contribution >= 0.6 is 0 Å². The van der Waals surface area contributed by atoms with E-state index in [0.717, 1.165) is 17.5 Å². The highest BCUT2D eigenvalue weighted by molar-refractivity contribution is 5.68. The summed E-state index contributed by atoms with van der Waals surface area (Å²) in [5.41, 5.74) is 7.61. The molecule has 0 saturated carbocycles. The lowest BCUT2D eigenvalue weighted by molar-refractivity contribution is 0.508. The molecule has 0 fully saturated rings. The van der Waals surface area contributed by atoms with Crippen molar-refractivity contribution in [2.45, 2.75) is 13.5 Å². The van der Waals surface area contributed by atoms with E-state index >= 15 is 0 Å². The Morgan fingerprint density at radius 1 is 1.21 bits per heavy atom. The highest BCUT2D eigenvalue weighted by Gasteiger charge is 2.16. The molecule has 19 heavy (non-hydrogen) atoms. The molecule has 2 N–H and O–H groups in total. The lowest BCUT2D eigenvalue weighted by atomic mass is 10.2. The van der Waals surface area contributed by atoms with E-state index in [2.05, 4.69) is 4.98 Å². The standard InChI is InChI=1S/C14H15F2N3/c1-9-4-3-5-10(18-9)8-19(2)14-12(17)7-6-11(15)13(14)16/h3-7H,8,17H2,1-2H3. The van der Waals surface area contributed by atoms with Gasteiger partial charge in [-0.3, -0.25) is 4.98 Å². The van der Waals surface area contributed by atoms with Gasteiger partial charge in [-0.15, -0.1) is 0 Å². The maximum Gasteiger partial charge on any atom is 0.184 e. The molecule has 0 aliphatic heterocycles. The highest BCUT2D eigenvalue weighted by Crippen LogP contribution is 2.28. The van der Waals surface area contributed by atoms with Gasteiger partial charge in [-0.2, -0.15) is 0 Å². The highest BCUT2D eigenvalue weighted by atomic mass is 19.2. The molecule has 0 radical (unpaired) electrons. The smallest absolute Gasteiger partial charge is 0.184 e.